The molecule has 0 bridgehead atoms. The second-order valence-electron chi connectivity index (χ2n) is 3.28. The van der Waals surface area contributed by atoms with Gasteiger partial charge in [0.25, 0.3) is 0 Å². The van der Waals surface area contributed by atoms with Crippen LogP contribution >= 0.6 is 15.9 Å². The quantitative estimate of drug-likeness (QED) is 0.840. The van der Waals surface area contributed by atoms with Gasteiger partial charge in [-0.25, -0.2) is 4.39 Å². The number of rotatable bonds is 4. The molecule has 0 heterocycles. The summed E-state index contributed by atoms with van der Waals surface area (Å²) in [5.41, 5.74) is 0.776. The van der Waals surface area contributed by atoms with E-state index in [2.05, 4.69) is 21.2 Å². The molecule has 82 valence electrons. The van der Waals surface area contributed by atoms with E-state index in [4.69, 9.17) is 0 Å². The number of hydrogen-bond donors (Lipinski definition) is 1. The summed E-state index contributed by atoms with van der Waals surface area (Å²) >= 11 is 3.19. The van der Waals surface area contributed by atoms with Gasteiger partial charge in [0, 0.05) is 11.8 Å². The molecule has 0 saturated heterocycles. The van der Waals surface area contributed by atoms with Crippen LogP contribution in [0, 0.1) is 5.82 Å². The standard InChI is InChI=1S/C11H13BrFNO/c1-8(14-11(15)5-6-12)9-3-2-4-10(13)7-9/h2-4,7-8H,5-6H2,1H3,(H,14,15)/t8-/m1/s1. The molecule has 0 aliphatic rings. The predicted octanol–water partition coefficient (Wildman–Crippen LogP) is 2.79. The summed E-state index contributed by atoms with van der Waals surface area (Å²) < 4.78 is 12.9. The monoisotopic (exact) mass is 273 g/mol. The highest BCUT2D eigenvalue weighted by Gasteiger charge is 2.09. The van der Waals surface area contributed by atoms with E-state index in [1.54, 1.807) is 12.1 Å². The number of carbonyl (C=O) groups excluding carboxylic acids is 1. The molecule has 1 aromatic rings. The van der Waals surface area contributed by atoms with Gasteiger partial charge in [0.1, 0.15) is 5.82 Å². The lowest BCUT2D eigenvalue weighted by Gasteiger charge is -2.13. The van der Waals surface area contributed by atoms with Crippen molar-refractivity contribution in [1.29, 1.82) is 0 Å². The van der Waals surface area contributed by atoms with E-state index in [9.17, 15) is 9.18 Å². The van der Waals surface area contributed by atoms with E-state index in [1.165, 1.54) is 12.1 Å². The van der Waals surface area contributed by atoms with E-state index in [-0.39, 0.29) is 17.8 Å². The molecular formula is C11H13BrFNO. The fourth-order valence-corrected chi connectivity index (χ4v) is 1.62. The first kappa shape index (κ1) is 12.2. The Hall–Kier alpha value is -0.900. The summed E-state index contributed by atoms with van der Waals surface area (Å²) in [5, 5.41) is 3.42. The maximum absolute atomic E-state index is 12.9. The number of carbonyl (C=O) groups is 1. The van der Waals surface area contributed by atoms with Crippen LogP contribution in [0.4, 0.5) is 4.39 Å². The minimum Gasteiger partial charge on any atom is -0.350 e. The predicted molar refractivity (Wildman–Crippen MR) is 61.4 cm³/mol. The van der Waals surface area contributed by atoms with Crippen LogP contribution in [0.3, 0.4) is 0 Å². The summed E-state index contributed by atoms with van der Waals surface area (Å²) in [4.78, 5) is 11.3. The minimum absolute atomic E-state index is 0.0383. The van der Waals surface area contributed by atoms with Crippen molar-refractivity contribution in [3.63, 3.8) is 0 Å². The Morgan fingerprint density at radius 2 is 2.33 bits per heavy atom. The van der Waals surface area contributed by atoms with Gasteiger partial charge >= 0.3 is 0 Å². The molecule has 4 heteroatoms. The van der Waals surface area contributed by atoms with Crippen molar-refractivity contribution < 1.29 is 9.18 Å². The van der Waals surface area contributed by atoms with Gasteiger partial charge in [-0.05, 0) is 24.6 Å². The maximum atomic E-state index is 12.9. The van der Waals surface area contributed by atoms with E-state index < -0.39 is 0 Å². The molecule has 0 saturated carbocycles. The van der Waals surface area contributed by atoms with Crippen LogP contribution in [-0.4, -0.2) is 11.2 Å². The molecule has 0 aromatic heterocycles. The van der Waals surface area contributed by atoms with E-state index >= 15 is 0 Å². The van der Waals surface area contributed by atoms with Crippen LogP contribution in [-0.2, 0) is 4.79 Å². The molecule has 0 spiro atoms. The van der Waals surface area contributed by atoms with Crippen LogP contribution in [0.1, 0.15) is 24.9 Å². The molecular weight excluding hydrogens is 261 g/mol. The third-order valence-corrected chi connectivity index (χ3v) is 2.44. The number of benzene rings is 1. The van der Waals surface area contributed by atoms with E-state index in [0.717, 1.165) is 5.56 Å². The topological polar surface area (TPSA) is 29.1 Å². The minimum atomic E-state index is -0.283. The van der Waals surface area contributed by atoms with Crippen LogP contribution in [0.2, 0.25) is 0 Å². The van der Waals surface area contributed by atoms with Crippen molar-refractivity contribution in [2.24, 2.45) is 0 Å². The molecule has 0 radical (unpaired) electrons. The molecule has 1 atom stereocenters. The Labute approximate surface area is 97.0 Å². The molecule has 0 aliphatic carbocycles. The van der Waals surface area contributed by atoms with Gasteiger partial charge < -0.3 is 5.32 Å². The highest BCUT2D eigenvalue weighted by Crippen LogP contribution is 2.13. The molecule has 1 N–H and O–H groups in total. The first-order valence-corrected chi connectivity index (χ1v) is 5.86. The maximum Gasteiger partial charge on any atom is 0.221 e. The molecule has 0 unspecified atom stereocenters. The number of nitrogens with one attached hydrogen (secondary N) is 1. The first-order valence-electron chi connectivity index (χ1n) is 4.74. The van der Waals surface area contributed by atoms with Gasteiger partial charge in [0.05, 0.1) is 6.04 Å². The zero-order valence-corrected chi connectivity index (χ0v) is 10.1. The van der Waals surface area contributed by atoms with Crippen molar-refractivity contribution in [2.75, 3.05) is 5.33 Å². The smallest absolute Gasteiger partial charge is 0.221 e. The second-order valence-corrected chi connectivity index (χ2v) is 4.08. The van der Waals surface area contributed by atoms with Crippen LogP contribution in [0.5, 0.6) is 0 Å². The first-order chi connectivity index (χ1) is 7.13. The van der Waals surface area contributed by atoms with Gasteiger partial charge in [-0.2, -0.15) is 0 Å². The molecule has 1 amide bonds. The molecule has 1 aromatic carbocycles. The van der Waals surface area contributed by atoms with Gasteiger partial charge in [0.15, 0.2) is 0 Å². The Morgan fingerprint density at radius 1 is 1.60 bits per heavy atom. The fourth-order valence-electron chi connectivity index (χ4n) is 1.26. The van der Waals surface area contributed by atoms with Crippen molar-refractivity contribution in [1.82, 2.24) is 5.32 Å². The Kier molecular flexibility index (Phi) is 4.75. The highest BCUT2D eigenvalue weighted by atomic mass is 79.9. The zero-order chi connectivity index (χ0) is 11.3. The average molecular weight is 274 g/mol. The van der Waals surface area contributed by atoms with Crippen molar-refractivity contribution in [3.05, 3.63) is 35.6 Å². The van der Waals surface area contributed by atoms with Crippen molar-refractivity contribution in [2.45, 2.75) is 19.4 Å². The summed E-state index contributed by atoms with van der Waals surface area (Å²) in [5.74, 6) is -0.322. The third kappa shape index (κ3) is 4.00. The van der Waals surface area contributed by atoms with Crippen LogP contribution in [0.25, 0.3) is 0 Å². The Balaban J connectivity index is 2.60. The zero-order valence-electron chi connectivity index (χ0n) is 8.47. The lowest BCUT2D eigenvalue weighted by Crippen LogP contribution is -2.26. The summed E-state index contributed by atoms with van der Waals surface area (Å²) in [6.45, 7) is 1.83. The van der Waals surface area contributed by atoms with Gasteiger partial charge in [-0.1, -0.05) is 28.1 Å². The Bertz CT molecular complexity index is 343. The molecule has 0 fully saturated rings. The van der Waals surface area contributed by atoms with Crippen molar-refractivity contribution in [3.8, 4) is 0 Å². The van der Waals surface area contributed by atoms with Crippen molar-refractivity contribution >= 4 is 21.8 Å². The lowest BCUT2D eigenvalue weighted by atomic mass is 10.1. The van der Waals surface area contributed by atoms with Crippen LogP contribution < -0.4 is 5.32 Å². The normalized spacial score (nSPS) is 12.2. The molecule has 1 rings (SSSR count). The fraction of sp³-hybridized carbons (Fsp3) is 0.364. The number of hydrogen-bond acceptors (Lipinski definition) is 1. The third-order valence-electron chi connectivity index (χ3n) is 2.05. The average Bonchev–Trinajstić information content (AvgIpc) is 2.18. The SMILES string of the molecule is C[C@@H](NC(=O)CCBr)c1cccc(F)c1. The van der Waals surface area contributed by atoms with Gasteiger partial charge in [-0.3, -0.25) is 4.79 Å². The number of alkyl halides is 1. The molecule has 0 aliphatic heterocycles. The summed E-state index contributed by atoms with van der Waals surface area (Å²) in [6.07, 6.45) is 0.430. The number of halogens is 2. The van der Waals surface area contributed by atoms with E-state index in [1.807, 2.05) is 6.92 Å². The second kappa shape index (κ2) is 5.85. The lowest BCUT2D eigenvalue weighted by molar-refractivity contribution is -0.121. The van der Waals surface area contributed by atoms with E-state index in [0.29, 0.717) is 11.8 Å². The number of amides is 1. The van der Waals surface area contributed by atoms with Crippen LogP contribution in [0.15, 0.2) is 24.3 Å². The van der Waals surface area contributed by atoms with Gasteiger partial charge in [0.2, 0.25) is 5.91 Å². The Morgan fingerprint density at radius 3 is 2.93 bits per heavy atom. The highest BCUT2D eigenvalue weighted by molar-refractivity contribution is 9.09. The molecule has 15 heavy (non-hydrogen) atoms. The summed E-state index contributed by atoms with van der Waals surface area (Å²) in [6, 6.07) is 6.09. The summed E-state index contributed by atoms with van der Waals surface area (Å²) in [7, 11) is 0. The molecule has 2 nitrogen and oxygen atoms in total. The van der Waals surface area contributed by atoms with Gasteiger partial charge in [-0.15, -0.1) is 0 Å². The largest absolute Gasteiger partial charge is 0.350 e.